The molecule has 0 bridgehead atoms. The van der Waals surface area contributed by atoms with Crippen molar-refractivity contribution in [1.82, 2.24) is 4.98 Å². The fraction of sp³-hybridized carbons (Fsp3) is 0.444. The second-order valence-corrected chi connectivity index (χ2v) is 9.07. The second kappa shape index (κ2) is 9.47. The molecule has 0 spiro atoms. The molecule has 0 unspecified atom stereocenters. The minimum absolute atomic E-state index is 0.0584. The highest BCUT2D eigenvalue weighted by Gasteiger charge is 2.29. The number of aromatic amines is 1. The van der Waals surface area contributed by atoms with Crippen LogP contribution in [0.4, 0.5) is 0 Å². The zero-order chi connectivity index (χ0) is 22.7. The Labute approximate surface area is 184 Å². The molecule has 4 heteroatoms. The zero-order valence-corrected chi connectivity index (χ0v) is 19.1. The Hall–Kier alpha value is -2.93. The van der Waals surface area contributed by atoms with Crippen LogP contribution in [-0.4, -0.2) is 16.6 Å². The molecule has 1 aromatic heterocycles. The maximum atomic E-state index is 13.8. The van der Waals surface area contributed by atoms with Gasteiger partial charge in [-0.3, -0.25) is 14.4 Å². The summed E-state index contributed by atoms with van der Waals surface area (Å²) in [7, 11) is 0. The van der Waals surface area contributed by atoms with E-state index in [1.807, 2.05) is 39.8 Å². The number of benzene rings is 1. The standard InChI is InChI=1S/C27H31NO3/c1-16(2)24-25(23(15-20-10-11-20)19(5)28-27(24)31)26(30)22-13-17(3)12-21(14-22)9-7-6-8-18(4)29/h12-14,16,20H,6,8,10-11,15H2,1-5H3,(H,28,31). The van der Waals surface area contributed by atoms with E-state index in [4.69, 9.17) is 0 Å². The van der Waals surface area contributed by atoms with Gasteiger partial charge >= 0.3 is 0 Å². The summed E-state index contributed by atoms with van der Waals surface area (Å²) >= 11 is 0. The van der Waals surface area contributed by atoms with E-state index in [2.05, 4.69) is 16.8 Å². The van der Waals surface area contributed by atoms with Crippen LogP contribution in [0.2, 0.25) is 0 Å². The summed E-state index contributed by atoms with van der Waals surface area (Å²) < 4.78 is 0. The summed E-state index contributed by atoms with van der Waals surface area (Å²) in [6.07, 6.45) is 4.11. The zero-order valence-electron chi connectivity index (χ0n) is 19.1. The van der Waals surface area contributed by atoms with Gasteiger partial charge in [0.15, 0.2) is 5.78 Å². The van der Waals surface area contributed by atoms with Crippen LogP contribution in [0.3, 0.4) is 0 Å². The van der Waals surface area contributed by atoms with E-state index in [9.17, 15) is 14.4 Å². The molecule has 0 radical (unpaired) electrons. The van der Waals surface area contributed by atoms with E-state index in [0.717, 1.165) is 28.8 Å². The number of Topliss-reactive ketones (excluding diaryl/α,β-unsaturated/α-hetero) is 1. The van der Waals surface area contributed by atoms with Gasteiger partial charge in [0.2, 0.25) is 0 Å². The summed E-state index contributed by atoms with van der Waals surface area (Å²) in [6, 6.07) is 5.61. The third-order valence-corrected chi connectivity index (χ3v) is 5.74. The largest absolute Gasteiger partial charge is 0.326 e. The van der Waals surface area contributed by atoms with Crippen LogP contribution in [0.1, 0.15) is 96.2 Å². The normalized spacial score (nSPS) is 13.1. The van der Waals surface area contributed by atoms with Gasteiger partial charge in [0.25, 0.3) is 5.56 Å². The Bertz CT molecular complexity index is 1140. The van der Waals surface area contributed by atoms with Crippen LogP contribution in [0.25, 0.3) is 0 Å². The Balaban J connectivity index is 2.08. The second-order valence-electron chi connectivity index (χ2n) is 9.07. The molecule has 1 fully saturated rings. The average molecular weight is 418 g/mol. The van der Waals surface area contributed by atoms with Crippen molar-refractivity contribution in [2.24, 2.45) is 5.92 Å². The molecular weight excluding hydrogens is 386 g/mol. The average Bonchev–Trinajstić information content (AvgIpc) is 3.49. The molecule has 2 aromatic rings. The maximum Gasteiger partial charge on any atom is 0.252 e. The number of H-pyrrole nitrogens is 1. The van der Waals surface area contributed by atoms with E-state index in [-0.39, 0.29) is 23.0 Å². The first kappa shape index (κ1) is 22.7. The van der Waals surface area contributed by atoms with E-state index < -0.39 is 0 Å². The van der Waals surface area contributed by atoms with E-state index >= 15 is 0 Å². The van der Waals surface area contributed by atoms with Crippen molar-refractivity contribution in [3.63, 3.8) is 0 Å². The lowest BCUT2D eigenvalue weighted by Gasteiger charge is -2.18. The summed E-state index contributed by atoms with van der Waals surface area (Å²) in [5.41, 5.74) is 4.99. The van der Waals surface area contributed by atoms with Crippen molar-refractivity contribution in [2.45, 2.75) is 72.6 Å². The SMILES string of the molecule is CC(=O)CCC#Cc1cc(C)cc(C(=O)c2c(CC3CC3)c(C)[nH]c(=O)c2C(C)C)c1. The third-order valence-electron chi connectivity index (χ3n) is 5.74. The molecule has 1 N–H and O–H groups in total. The van der Waals surface area contributed by atoms with Crippen molar-refractivity contribution in [1.29, 1.82) is 0 Å². The molecule has 1 saturated carbocycles. The molecule has 1 aliphatic carbocycles. The van der Waals surface area contributed by atoms with Crippen LogP contribution < -0.4 is 5.56 Å². The Morgan fingerprint density at radius 3 is 2.48 bits per heavy atom. The van der Waals surface area contributed by atoms with Crippen LogP contribution in [0, 0.1) is 31.6 Å². The molecule has 162 valence electrons. The molecule has 0 amide bonds. The van der Waals surface area contributed by atoms with Crippen molar-refractivity contribution in [2.75, 3.05) is 0 Å². The van der Waals surface area contributed by atoms with Crippen molar-refractivity contribution in [3.05, 3.63) is 67.6 Å². The molecule has 0 atom stereocenters. The number of hydrogen-bond acceptors (Lipinski definition) is 3. The van der Waals surface area contributed by atoms with E-state index in [1.54, 1.807) is 13.0 Å². The minimum Gasteiger partial charge on any atom is -0.326 e. The molecule has 1 heterocycles. The van der Waals surface area contributed by atoms with E-state index in [0.29, 0.717) is 35.4 Å². The first-order chi connectivity index (χ1) is 14.7. The minimum atomic E-state index is -0.174. The summed E-state index contributed by atoms with van der Waals surface area (Å²) in [6.45, 7) is 9.30. The lowest BCUT2D eigenvalue weighted by atomic mass is 9.86. The topological polar surface area (TPSA) is 67.0 Å². The lowest BCUT2D eigenvalue weighted by molar-refractivity contribution is -0.116. The number of nitrogens with one attached hydrogen (secondary N) is 1. The van der Waals surface area contributed by atoms with Gasteiger partial charge in [-0.05, 0) is 81.2 Å². The molecule has 3 rings (SSSR count). The van der Waals surface area contributed by atoms with Gasteiger partial charge in [0, 0.05) is 40.8 Å². The quantitative estimate of drug-likeness (QED) is 0.508. The highest BCUT2D eigenvalue weighted by Crippen LogP contribution is 2.36. The first-order valence-corrected chi connectivity index (χ1v) is 11.1. The predicted molar refractivity (Wildman–Crippen MR) is 124 cm³/mol. The Morgan fingerprint density at radius 2 is 1.87 bits per heavy atom. The van der Waals surface area contributed by atoms with Gasteiger partial charge in [0.05, 0.1) is 0 Å². The highest BCUT2D eigenvalue weighted by molar-refractivity contribution is 6.11. The third kappa shape index (κ3) is 5.61. The maximum absolute atomic E-state index is 13.8. The van der Waals surface area contributed by atoms with Gasteiger partial charge < -0.3 is 4.98 Å². The van der Waals surface area contributed by atoms with Gasteiger partial charge in [-0.2, -0.15) is 0 Å². The number of carbonyl (C=O) groups excluding carboxylic acids is 2. The number of aromatic nitrogens is 1. The van der Waals surface area contributed by atoms with Crippen molar-refractivity contribution >= 4 is 11.6 Å². The van der Waals surface area contributed by atoms with E-state index in [1.165, 1.54) is 12.8 Å². The smallest absolute Gasteiger partial charge is 0.252 e. The Morgan fingerprint density at radius 1 is 1.16 bits per heavy atom. The number of hydrogen-bond donors (Lipinski definition) is 1. The lowest BCUT2D eigenvalue weighted by Crippen LogP contribution is -2.24. The monoisotopic (exact) mass is 417 g/mol. The molecule has 31 heavy (non-hydrogen) atoms. The van der Waals surface area contributed by atoms with Crippen molar-refractivity contribution in [3.8, 4) is 11.8 Å². The molecule has 0 aliphatic heterocycles. The number of pyridine rings is 1. The van der Waals surface area contributed by atoms with Crippen LogP contribution in [0.15, 0.2) is 23.0 Å². The van der Waals surface area contributed by atoms with Crippen LogP contribution in [0.5, 0.6) is 0 Å². The Kier molecular flexibility index (Phi) is 6.95. The van der Waals surface area contributed by atoms with Crippen LogP contribution in [-0.2, 0) is 11.2 Å². The molecule has 1 aromatic carbocycles. The number of carbonyl (C=O) groups is 2. The summed E-state index contributed by atoms with van der Waals surface area (Å²) in [5.74, 6) is 6.65. The number of ketones is 2. The first-order valence-electron chi connectivity index (χ1n) is 11.1. The summed E-state index contributed by atoms with van der Waals surface area (Å²) in [5, 5.41) is 0. The van der Waals surface area contributed by atoms with Gasteiger partial charge in [-0.1, -0.05) is 25.7 Å². The van der Waals surface area contributed by atoms with Crippen LogP contribution >= 0.6 is 0 Å². The fourth-order valence-corrected chi connectivity index (χ4v) is 3.99. The number of rotatable bonds is 7. The highest BCUT2D eigenvalue weighted by atomic mass is 16.1. The summed E-state index contributed by atoms with van der Waals surface area (Å²) in [4.78, 5) is 40.7. The van der Waals surface area contributed by atoms with Gasteiger partial charge in [0.1, 0.15) is 5.78 Å². The molecule has 1 aliphatic rings. The predicted octanol–water partition coefficient (Wildman–Crippen LogP) is 5.02. The molecule has 0 saturated heterocycles. The van der Waals surface area contributed by atoms with Gasteiger partial charge in [-0.15, -0.1) is 0 Å². The fourth-order valence-electron chi connectivity index (χ4n) is 3.99. The molecule has 4 nitrogen and oxygen atoms in total. The molecular formula is C27H31NO3. The van der Waals surface area contributed by atoms with Gasteiger partial charge in [-0.25, -0.2) is 0 Å². The van der Waals surface area contributed by atoms with Crippen molar-refractivity contribution < 1.29 is 9.59 Å². The number of aryl methyl sites for hydroxylation is 2.